The number of ether oxygens (including phenoxy) is 1. The summed E-state index contributed by atoms with van der Waals surface area (Å²) in [5, 5.41) is 0. The molecule has 0 aromatic heterocycles. The van der Waals surface area contributed by atoms with E-state index in [2.05, 4.69) is 28.0 Å². The quantitative estimate of drug-likeness (QED) is 0.852. The van der Waals surface area contributed by atoms with E-state index in [1.807, 2.05) is 0 Å². The minimum Gasteiger partial charge on any atom is -0.493 e. The fourth-order valence-corrected chi connectivity index (χ4v) is 3.23. The van der Waals surface area contributed by atoms with Crippen LogP contribution < -0.4 is 10.5 Å². The van der Waals surface area contributed by atoms with Crippen LogP contribution in [-0.4, -0.2) is 62.2 Å². The molecule has 2 aliphatic rings. The molecule has 2 N–H and O–H groups in total. The van der Waals surface area contributed by atoms with E-state index in [0.717, 1.165) is 44.7 Å². The minimum atomic E-state index is 0.808. The summed E-state index contributed by atoms with van der Waals surface area (Å²) in [4.78, 5) is 5.12. The van der Waals surface area contributed by atoms with Crippen molar-refractivity contribution < 1.29 is 4.74 Å². The van der Waals surface area contributed by atoms with Gasteiger partial charge in [0.05, 0.1) is 6.61 Å². The Kier molecular flexibility index (Phi) is 5.12. The lowest BCUT2D eigenvalue weighted by molar-refractivity contribution is 0.133. The van der Waals surface area contributed by atoms with Gasteiger partial charge in [-0.25, -0.2) is 0 Å². The number of fused-ring (bicyclic) bond motifs is 1. The van der Waals surface area contributed by atoms with Crippen LogP contribution in [0.25, 0.3) is 0 Å². The van der Waals surface area contributed by atoms with Gasteiger partial charge in [0.1, 0.15) is 5.75 Å². The SMILES string of the molecule is NCCCN1CCN(CCc2ccc3c(c2)CCO3)CC1. The second kappa shape index (κ2) is 7.25. The zero-order chi connectivity index (χ0) is 14.5. The van der Waals surface area contributed by atoms with Crippen LogP contribution in [0.4, 0.5) is 0 Å². The molecule has 0 radical (unpaired) electrons. The van der Waals surface area contributed by atoms with Gasteiger partial charge in [0.25, 0.3) is 0 Å². The summed E-state index contributed by atoms with van der Waals surface area (Å²) in [6.45, 7) is 8.76. The number of hydrogen-bond donors (Lipinski definition) is 1. The van der Waals surface area contributed by atoms with Crippen LogP contribution in [0.5, 0.6) is 5.75 Å². The maximum absolute atomic E-state index is 5.58. The Morgan fingerprint density at radius 1 is 1.05 bits per heavy atom. The molecule has 3 rings (SSSR count). The zero-order valence-corrected chi connectivity index (χ0v) is 12.9. The highest BCUT2D eigenvalue weighted by molar-refractivity contribution is 5.39. The third kappa shape index (κ3) is 3.96. The Hall–Kier alpha value is -1.10. The van der Waals surface area contributed by atoms with Gasteiger partial charge in [0.2, 0.25) is 0 Å². The molecule has 0 aliphatic carbocycles. The molecule has 4 nitrogen and oxygen atoms in total. The van der Waals surface area contributed by atoms with Crippen LogP contribution in [-0.2, 0) is 12.8 Å². The average molecular weight is 289 g/mol. The third-order valence-electron chi connectivity index (χ3n) is 4.61. The van der Waals surface area contributed by atoms with Gasteiger partial charge in [-0.3, -0.25) is 0 Å². The first-order valence-electron chi connectivity index (χ1n) is 8.24. The van der Waals surface area contributed by atoms with Gasteiger partial charge < -0.3 is 20.3 Å². The maximum Gasteiger partial charge on any atom is 0.122 e. The molecule has 1 fully saturated rings. The molecular weight excluding hydrogens is 262 g/mol. The highest BCUT2D eigenvalue weighted by atomic mass is 16.5. The van der Waals surface area contributed by atoms with Gasteiger partial charge in [-0.05, 0) is 43.1 Å². The Balaban J connectivity index is 1.42. The van der Waals surface area contributed by atoms with Crippen molar-refractivity contribution in [2.45, 2.75) is 19.3 Å². The van der Waals surface area contributed by atoms with Gasteiger partial charge in [-0.2, -0.15) is 0 Å². The zero-order valence-electron chi connectivity index (χ0n) is 12.9. The number of rotatable bonds is 6. The molecule has 21 heavy (non-hydrogen) atoms. The molecule has 0 bridgehead atoms. The highest BCUT2D eigenvalue weighted by Gasteiger charge is 2.16. The van der Waals surface area contributed by atoms with Gasteiger partial charge in [-0.1, -0.05) is 12.1 Å². The molecule has 116 valence electrons. The van der Waals surface area contributed by atoms with Crippen molar-refractivity contribution >= 4 is 0 Å². The summed E-state index contributed by atoms with van der Waals surface area (Å²) in [6, 6.07) is 6.70. The number of piperazine rings is 1. The lowest BCUT2D eigenvalue weighted by Gasteiger charge is -2.34. The summed E-state index contributed by atoms with van der Waals surface area (Å²) >= 11 is 0. The molecule has 0 atom stereocenters. The van der Waals surface area contributed by atoms with Crippen LogP contribution in [0.15, 0.2) is 18.2 Å². The van der Waals surface area contributed by atoms with E-state index >= 15 is 0 Å². The maximum atomic E-state index is 5.58. The third-order valence-corrected chi connectivity index (χ3v) is 4.61. The smallest absolute Gasteiger partial charge is 0.122 e. The summed E-state index contributed by atoms with van der Waals surface area (Å²) in [5.74, 6) is 1.09. The normalized spacial score (nSPS) is 19.5. The van der Waals surface area contributed by atoms with Gasteiger partial charge in [0.15, 0.2) is 0 Å². The monoisotopic (exact) mass is 289 g/mol. The molecule has 0 spiro atoms. The van der Waals surface area contributed by atoms with Crippen molar-refractivity contribution in [3.8, 4) is 5.75 Å². The van der Waals surface area contributed by atoms with Crippen LogP contribution >= 0.6 is 0 Å². The Labute approximate surface area is 127 Å². The molecule has 4 heteroatoms. The molecule has 2 aliphatic heterocycles. The van der Waals surface area contributed by atoms with E-state index in [1.165, 1.54) is 43.9 Å². The second-order valence-corrected chi connectivity index (χ2v) is 6.12. The van der Waals surface area contributed by atoms with E-state index in [0.29, 0.717) is 0 Å². The van der Waals surface area contributed by atoms with E-state index in [9.17, 15) is 0 Å². The summed E-state index contributed by atoms with van der Waals surface area (Å²) < 4.78 is 5.57. The predicted molar refractivity (Wildman–Crippen MR) is 85.9 cm³/mol. The standard InChI is InChI=1S/C17H27N3O/c18-6-1-7-19-9-11-20(12-10-19)8-4-15-2-3-17-16(14-15)5-13-21-17/h2-3,14H,1,4-13,18H2. The van der Waals surface area contributed by atoms with Crippen LogP contribution in [0.3, 0.4) is 0 Å². The molecule has 1 saturated heterocycles. The fraction of sp³-hybridized carbons (Fsp3) is 0.647. The Morgan fingerprint density at radius 3 is 2.57 bits per heavy atom. The summed E-state index contributed by atoms with van der Waals surface area (Å²) in [6.07, 6.45) is 3.34. The van der Waals surface area contributed by atoms with E-state index in [-0.39, 0.29) is 0 Å². The first kappa shape index (κ1) is 14.8. The number of nitrogens with two attached hydrogens (primary N) is 1. The average Bonchev–Trinajstić information content (AvgIpc) is 2.99. The van der Waals surface area contributed by atoms with Gasteiger partial charge >= 0.3 is 0 Å². The summed E-state index contributed by atoms with van der Waals surface area (Å²) in [7, 11) is 0. The Bertz CT molecular complexity index is 455. The van der Waals surface area contributed by atoms with Crippen molar-refractivity contribution in [2.24, 2.45) is 5.73 Å². The van der Waals surface area contributed by atoms with Crippen molar-refractivity contribution in [3.05, 3.63) is 29.3 Å². The lowest BCUT2D eigenvalue weighted by atomic mass is 10.1. The van der Waals surface area contributed by atoms with Crippen molar-refractivity contribution in [2.75, 3.05) is 52.4 Å². The van der Waals surface area contributed by atoms with Crippen molar-refractivity contribution in [3.63, 3.8) is 0 Å². The van der Waals surface area contributed by atoms with Gasteiger partial charge in [-0.15, -0.1) is 0 Å². The molecular formula is C17H27N3O. The molecule has 0 amide bonds. The van der Waals surface area contributed by atoms with Crippen LogP contribution in [0.2, 0.25) is 0 Å². The second-order valence-electron chi connectivity index (χ2n) is 6.12. The Morgan fingerprint density at radius 2 is 1.81 bits per heavy atom. The van der Waals surface area contributed by atoms with Crippen LogP contribution in [0.1, 0.15) is 17.5 Å². The number of hydrogen-bond acceptors (Lipinski definition) is 4. The van der Waals surface area contributed by atoms with E-state index in [1.54, 1.807) is 0 Å². The number of benzene rings is 1. The van der Waals surface area contributed by atoms with Crippen molar-refractivity contribution in [1.29, 1.82) is 0 Å². The highest BCUT2D eigenvalue weighted by Crippen LogP contribution is 2.26. The molecule has 1 aromatic carbocycles. The van der Waals surface area contributed by atoms with E-state index < -0.39 is 0 Å². The topological polar surface area (TPSA) is 41.7 Å². The van der Waals surface area contributed by atoms with Gasteiger partial charge in [0, 0.05) is 39.1 Å². The van der Waals surface area contributed by atoms with Crippen LogP contribution in [0, 0.1) is 0 Å². The van der Waals surface area contributed by atoms with E-state index in [4.69, 9.17) is 10.5 Å². The minimum absolute atomic E-state index is 0.808. The first-order chi connectivity index (χ1) is 10.3. The lowest BCUT2D eigenvalue weighted by Crippen LogP contribution is -2.47. The summed E-state index contributed by atoms with van der Waals surface area (Å²) in [5.41, 5.74) is 8.41. The molecule has 0 unspecified atom stereocenters. The number of nitrogens with zero attached hydrogens (tertiary/aromatic N) is 2. The largest absolute Gasteiger partial charge is 0.493 e. The van der Waals surface area contributed by atoms with Crippen molar-refractivity contribution in [1.82, 2.24) is 9.80 Å². The predicted octanol–water partition coefficient (Wildman–Crippen LogP) is 1.13. The first-order valence-corrected chi connectivity index (χ1v) is 8.24. The molecule has 1 aromatic rings. The fourth-order valence-electron chi connectivity index (χ4n) is 3.23. The molecule has 2 heterocycles. The molecule has 0 saturated carbocycles.